The Morgan fingerprint density at radius 1 is 0.444 bits per heavy atom. The molecule has 164 valence electrons. The van der Waals surface area contributed by atoms with E-state index in [2.05, 4.69) is 27.7 Å². The van der Waals surface area contributed by atoms with E-state index in [0.717, 1.165) is 45.3 Å². The summed E-state index contributed by atoms with van der Waals surface area (Å²) in [6.07, 6.45) is 5.40. The van der Waals surface area contributed by atoms with Crippen LogP contribution >= 0.6 is 0 Å². The van der Waals surface area contributed by atoms with Crippen molar-refractivity contribution < 1.29 is 23.7 Å². The maximum Gasteiger partial charge on any atom is 0.0624 e. The molecule has 5 unspecified atom stereocenters. The highest BCUT2D eigenvalue weighted by atomic mass is 16.5. The van der Waals surface area contributed by atoms with Crippen molar-refractivity contribution in [1.82, 2.24) is 0 Å². The molecule has 5 heteroatoms. The van der Waals surface area contributed by atoms with Gasteiger partial charge in [0.05, 0.1) is 30.5 Å². The Kier molecular flexibility index (Phi) is 17.7. The average molecular weight is 391 g/mol. The van der Waals surface area contributed by atoms with Crippen molar-refractivity contribution in [3.05, 3.63) is 0 Å². The van der Waals surface area contributed by atoms with Crippen molar-refractivity contribution in [2.75, 3.05) is 33.0 Å². The maximum atomic E-state index is 6.07. The lowest BCUT2D eigenvalue weighted by molar-refractivity contribution is -0.0682. The Labute approximate surface area is 168 Å². The fourth-order valence-electron chi connectivity index (χ4n) is 3.59. The Balaban J connectivity index is 4.88. The highest BCUT2D eigenvalue weighted by molar-refractivity contribution is 4.75. The van der Waals surface area contributed by atoms with Gasteiger partial charge in [-0.3, -0.25) is 0 Å². The van der Waals surface area contributed by atoms with Crippen LogP contribution in [0, 0.1) is 0 Å². The lowest BCUT2D eigenvalue weighted by Crippen LogP contribution is -2.32. The Bertz CT molecular complexity index is 313. The second-order valence-corrected chi connectivity index (χ2v) is 6.93. The van der Waals surface area contributed by atoms with Crippen LogP contribution < -0.4 is 0 Å². The van der Waals surface area contributed by atoms with Crippen LogP contribution in [0.2, 0.25) is 0 Å². The minimum atomic E-state index is 0.121. The topological polar surface area (TPSA) is 46.2 Å². The van der Waals surface area contributed by atoms with Gasteiger partial charge in [0.15, 0.2) is 0 Å². The molecular weight excluding hydrogens is 344 g/mol. The Morgan fingerprint density at radius 2 is 0.778 bits per heavy atom. The maximum absolute atomic E-state index is 6.07. The summed E-state index contributed by atoms with van der Waals surface area (Å²) in [7, 11) is 0. The molecule has 0 aromatic carbocycles. The molecule has 0 spiro atoms. The minimum absolute atomic E-state index is 0.121. The summed E-state index contributed by atoms with van der Waals surface area (Å²) in [5.41, 5.74) is 0. The van der Waals surface area contributed by atoms with Crippen LogP contribution in [0.3, 0.4) is 0 Å². The summed E-state index contributed by atoms with van der Waals surface area (Å²) < 4.78 is 29.7. The Morgan fingerprint density at radius 3 is 1.15 bits per heavy atom. The first-order valence-electron chi connectivity index (χ1n) is 11.1. The molecule has 0 fully saturated rings. The molecule has 0 aliphatic heterocycles. The van der Waals surface area contributed by atoms with Crippen LogP contribution in [-0.4, -0.2) is 63.6 Å². The summed E-state index contributed by atoms with van der Waals surface area (Å²) in [6, 6.07) is 0. The van der Waals surface area contributed by atoms with Gasteiger partial charge in [-0.25, -0.2) is 0 Å². The fraction of sp³-hybridized carbons (Fsp3) is 1.00. The smallest absolute Gasteiger partial charge is 0.0624 e. The standard InChI is InChI=1S/C22H46O5/c1-8-19(24-10-3)15-21(26-12-5)17-22(27-13-6)16-20(25-11-4)14-18(7)23-9-2/h18-22H,8-17H2,1-7H3. The van der Waals surface area contributed by atoms with Gasteiger partial charge in [0, 0.05) is 33.0 Å². The highest BCUT2D eigenvalue weighted by Crippen LogP contribution is 2.22. The van der Waals surface area contributed by atoms with Crippen LogP contribution in [0.4, 0.5) is 0 Å². The van der Waals surface area contributed by atoms with Crippen molar-refractivity contribution in [3.63, 3.8) is 0 Å². The molecule has 0 aromatic rings. The quantitative estimate of drug-likeness (QED) is 0.310. The van der Waals surface area contributed by atoms with Crippen molar-refractivity contribution in [3.8, 4) is 0 Å². The molecule has 0 N–H and O–H groups in total. The normalized spacial score (nSPS) is 17.4. The van der Waals surface area contributed by atoms with E-state index in [-0.39, 0.29) is 30.5 Å². The molecule has 0 aromatic heterocycles. The molecule has 0 radical (unpaired) electrons. The van der Waals surface area contributed by atoms with Crippen molar-refractivity contribution in [1.29, 1.82) is 0 Å². The third-order valence-electron chi connectivity index (χ3n) is 4.69. The summed E-state index contributed by atoms with van der Waals surface area (Å²) in [4.78, 5) is 0. The predicted octanol–water partition coefficient (Wildman–Crippen LogP) is 5.00. The van der Waals surface area contributed by atoms with E-state index >= 15 is 0 Å². The molecular formula is C22H46O5. The van der Waals surface area contributed by atoms with E-state index < -0.39 is 0 Å². The molecule has 0 saturated carbocycles. The third-order valence-corrected chi connectivity index (χ3v) is 4.69. The largest absolute Gasteiger partial charge is 0.379 e. The van der Waals surface area contributed by atoms with E-state index in [0.29, 0.717) is 19.8 Å². The zero-order valence-corrected chi connectivity index (χ0v) is 19.0. The summed E-state index contributed by atoms with van der Waals surface area (Å²) in [5, 5.41) is 0. The van der Waals surface area contributed by atoms with Crippen LogP contribution in [0.5, 0.6) is 0 Å². The van der Waals surface area contributed by atoms with E-state index in [1.165, 1.54) is 0 Å². The van der Waals surface area contributed by atoms with Gasteiger partial charge < -0.3 is 23.7 Å². The van der Waals surface area contributed by atoms with Gasteiger partial charge >= 0.3 is 0 Å². The first kappa shape index (κ1) is 26.8. The summed E-state index contributed by atoms with van der Waals surface area (Å²) >= 11 is 0. The molecule has 0 bridgehead atoms. The van der Waals surface area contributed by atoms with Gasteiger partial charge in [-0.15, -0.1) is 0 Å². The number of hydrogen-bond donors (Lipinski definition) is 0. The molecule has 0 amide bonds. The van der Waals surface area contributed by atoms with Gasteiger partial charge in [0.1, 0.15) is 0 Å². The molecule has 0 heterocycles. The van der Waals surface area contributed by atoms with E-state index in [9.17, 15) is 0 Å². The molecule has 0 aliphatic carbocycles. The van der Waals surface area contributed by atoms with Crippen molar-refractivity contribution in [2.45, 2.75) is 111 Å². The summed E-state index contributed by atoms with van der Waals surface area (Å²) in [5.74, 6) is 0. The molecule has 27 heavy (non-hydrogen) atoms. The van der Waals surface area contributed by atoms with E-state index in [1.54, 1.807) is 0 Å². The first-order valence-corrected chi connectivity index (χ1v) is 11.1. The molecule has 5 nitrogen and oxygen atoms in total. The molecule has 0 rings (SSSR count). The van der Waals surface area contributed by atoms with E-state index in [4.69, 9.17) is 23.7 Å². The van der Waals surface area contributed by atoms with Crippen LogP contribution in [0.1, 0.15) is 80.6 Å². The zero-order chi connectivity index (χ0) is 20.5. The van der Waals surface area contributed by atoms with Gasteiger partial charge in [-0.1, -0.05) is 6.92 Å². The summed E-state index contributed by atoms with van der Waals surface area (Å²) in [6.45, 7) is 18.1. The van der Waals surface area contributed by atoms with E-state index in [1.807, 2.05) is 20.8 Å². The lowest BCUT2D eigenvalue weighted by atomic mass is 9.98. The molecule has 5 atom stereocenters. The zero-order valence-electron chi connectivity index (χ0n) is 19.0. The van der Waals surface area contributed by atoms with Crippen LogP contribution in [0.15, 0.2) is 0 Å². The number of hydrogen-bond acceptors (Lipinski definition) is 5. The first-order chi connectivity index (χ1) is 13.0. The second kappa shape index (κ2) is 17.9. The average Bonchev–Trinajstić information content (AvgIpc) is 2.62. The fourth-order valence-corrected chi connectivity index (χ4v) is 3.59. The minimum Gasteiger partial charge on any atom is -0.379 e. The monoisotopic (exact) mass is 390 g/mol. The van der Waals surface area contributed by atoms with Crippen molar-refractivity contribution >= 4 is 0 Å². The van der Waals surface area contributed by atoms with Gasteiger partial charge in [0.25, 0.3) is 0 Å². The SMILES string of the molecule is CCOC(C)CC(CC(CC(CC(CC)OCC)OCC)OCC)OCC. The third kappa shape index (κ3) is 13.6. The van der Waals surface area contributed by atoms with Crippen LogP contribution in [0.25, 0.3) is 0 Å². The number of ether oxygens (including phenoxy) is 5. The number of rotatable bonds is 19. The second-order valence-electron chi connectivity index (χ2n) is 6.93. The van der Waals surface area contributed by atoms with Gasteiger partial charge in [-0.05, 0) is 73.6 Å². The van der Waals surface area contributed by atoms with Crippen molar-refractivity contribution in [2.24, 2.45) is 0 Å². The van der Waals surface area contributed by atoms with Gasteiger partial charge in [0.2, 0.25) is 0 Å². The Hall–Kier alpha value is -0.200. The highest BCUT2D eigenvalue weighted by Gasteiger charge is 2.25. The predicted molar refractivity (Wildman–Crippen MR) is 112 cm³/mol. The van der Waals surface area contributed by atoms with Gasteiger partial charge in [-0.2, -0.15) is 0 Å². The van der Waals surface area contributed by atoms with Crippen LogP contribution in [-0.2, 0) is 23.7 Å². The molecule has 0 saturated heterocycles. The lowest BCUT2D eigenvalue weighted by Gasteiger charge is -2.29. The molecule has 0 aliphatic rings.